The maximum Gasteiger partial charge on any atom is 0.260 e. The number of sulfonamides is 1. The molecule has 2 rings (SSSR count). The van der Waals surface area contributed by atoms with Crippen molar-refractivity contribution in [2.24, 2.45) is 5.10 Å². The molecule has 1 amide bonds. The minimum Gasteiger partial charge on any atom is -0.493 e. The predicted molar refractivity (Wildman–Crippen MR) is 116 cm³/mol. The summed E-state index contributed by atoms with van der Waals surface area (Å²) in [4.78, 5) is 12.4. The monoisotopic (exact) mass is 483 g/mol. The Morgan fingerprint density at radius 1 is 1.10 bits per heavy atom. The van der Waals surface area contributed by atoms with Gasteiger partial charge in [0.2, 0.25) is 10.0 Å². The summed E-state index contributed by atoms with van der Waals surface area (Å²) in [6, 6.07) is 12.0. The molecule has 0 fully saturated rings. The highest BCUT2D eigenvalue weighted by molar-refractivity contribution is 9.10. The molecule has 0 saturated heterocycles. The van der Waals surface area contributed by atoms with Gasteiger partial charge in [-0.25, -0.2) is 13.8 Å². The Labute approximate surface area is 178 Å². The molecular formula is C19H22BrN3O5S. The lowest BCUT2D eigenvalue weighted by Gasteiger charge is -2.22. The number of hydrazone groups is 1. The molecule has 156 valence electrons. The molecule has 0 aliphatic rings. The third-order valence-electron chi connectivity index (χ3n) is 3.95. The first-order chi connectivity index (χ1) is 13.7. The lowest BCUT2D eigenvalue weighted by molar-refractivity contribution is -0.119. The van der Waals surface area contributed by atoms with Crippen LogP contribution < -0.4 is 19.2 Å². The molecule has 0 spiro atoms. The second-order valence-electron chi connectivity index (χ2n) is 6.05. The van der Waals surface area contributed by atoms with Crippen LogP contribution in [0.4, 0.5) is 5.69 Å². The van der Waals surface area contributed by atoms with Crippen molar-refractivity contribution in [1.82, 2.24) is 5.43 Å². The molecule has 1 N–H and O–H groups in total. The fourth-order valence-electron chi connectivity index (χ4n) is 2.45. The van der Waals surface area contributed by atoms with Crippen LogP contribution in [0.1, 0.15) is 12.5 Å². The fraction of sp³-hybridized carbons (Fsp3) is 0.263. The first kappa shape index (κ1) is 22.7. The van der Waals surface area contributed by atoms with Crippen LogP contribution in [0.5, 0.6) is 11.5 Å². The zero-order chi connectivity index (χ0) is 21.6. The fourth-order valence-corrected chi connectivity index (χ4v) is 3.56. The number of methoxy groups -OCH3 is 2. The van der Waals surface area contributed by atoms with Crippen molar-refractivity contribution >= 4 is 43.3 Å². The summed E-state index contributed by atoms with van der Waals surface area (Å²) in [7, 11) is -0.810. The Kier molecular flexibility index (Phi) is 7.63. The van der Waals surface area contributed by atoms with E-state index in [1.165, 1.54) is 26.4 Å². The number of nitrogens with zero attached hydrogens (tertiary/aromatic N) is 2. The number of amides is 1. The van der Waals surface area contributed by atoms with Crippen molar-refractivity contribution in [2.75, 3.05) is 31.3 Å². The standard InChI is InChI=1S/C19H22BrN3O5S/c1-13(14-5-7-15(20)8-6-14)21-22-19(24)12-23(29(4,25)26)16-9-10-17(27-2)18(11-16)28-3/h5-11H,12H2,1-4H3,(H,22,24)/b21-13-. The summed E-state index contributed by atoms with van der Waals surface area (Å²) in [6.07, 6.45) is 1.02. The molecule has 0 radical (unpaired) electrons. The van der Waals surface area contributed by atoms with Gasteiger partial charge in [-0.3, -0.25) is 9.10 Å². The Morgan fingerprint density at radius 2 is 1.72 bits per heavy atom. The van der Waals surface area contributed by atoms with Gasteiger partial charge in [-0.2, -0.15) is 5.10 Å². The van der Waals surface area contributed by atoms with E-state index in [-0.39, 0.29) is 5.69 Å². The topological polar surface area (TPSA) is 97.3 Å². The average molecular weight is 484 g/mol. The first-order valence-electron chi connectivity index (χ1n) is 8.44. The van der Waals surface area contributed by atoms with E-state index in [0.717, 1.165) is 20.6 Å². The van der Waals surface area contributed by atoms with Gasteiger partial charge in [0.25, 0.3) is 5.91 Å². The first-order valence-corrected chi connectivity index (χ1v) is 11.1. The number of nitrogens with one attached hydrogen (secondary N) is 1. The number of hydrogen-bond donors (Lipinski definition) is 1. The van der Waals surface area contributed by atoms with Crippen molar-refractivity contribution in [3.8, 4) is 11.5 Å². The quantitative estimate of drug-likeness (QED) is 0.459. The summed E-state index contributed by atoms with van der Waals surface area (Å²) < 4.78 is 36.8. The highest BCUT2D eigenvalue weighted by Gasteiger charge is 2.22. The number of hydrogen-bond acceptors (Lipinski definition) is 6. The van der Waals surface area contributed by atoms with E-state index >= 15 is 0 Å². The number of rotatable bonds is 8. The van der Waals surface area contributed by atoms with Gasteiger partial charge < -0.3 is 9.47 Å². The molecule has 0 heterocycles. The minimum absolute atomic E-state index is 0.272. The van der Waals surface area contributed by atoms with Crippen LogP contribution in [0.25, 0.3) is 0 Å². The number of carbonyl (C=O) groups excluding carboxylic acids is 1. The highest BCUT2D eigenvalue weighted by atomic mass is 79.9. The van der Waals surface area contributed by atoms with Gasteiger partial charge in [0.05, 0.1) is 31.9 Å². The van der Waals surface area contributed by atoms with Crippen molar-refractivity contribution in [3.05, 3.63) is 52.5 Å². The molecule has 2 aromatic rings. The van der Waals surface area contributed by atoms with E-state index in [1.54, 1.807) is 13.0 Å². The molecule has 10 heteroatoms. The summed E-state index contributed by atoms with van der Waals surface area (Å²) in [5, 5.41) is 4.05. The van der Waals surface area contributed by atoms with Crippen LogP contribution in [0.3, 0.4) is 0 Å². The Balaban J connectivity index is 2.19. The molecule has 0 aliphatic carbocycles. The van der Waals surface area contributed by atoms with Crippen LogP contribution in [-0.4, -0.2) is 47.1 Å². The molecule has 8 nitrogen and oxygen atoms in total. The molecular weight excluding hydrogens is 462 g/mol. The summed E-state index contributed by atoms with van der Waals surface area (Å²) in [5.41, 5.74) is 4.08. The molecule has 0 unspecified atom stereocenters. The van der Waals surface area contributed by atoms with Gasteiger partial charge in [-0.1, -0.05) is 28.1 Å². The molecule has 2 aromatic carbocycles. The molecule has 0 aliphatic heterocycles. The molecule has 0 aromatic heterocycles. The number of benzene rings is 2. The number of carbonyl (C=O) groups is 1. The molecule has 0 atom stereocenters. The van der Waals surface area contributed by atoms with Gasteiger partial charge >= 0.3 is 0 Å². The number of anilines is 1. The van der Waals surface area contributed by atoms with Crippen molar-refractivity contribution in [3.63, 3.8) is 0 Å². The summed E-state index contributed by atoms with van der Waals surface area (Å²) >= 11 is 3.36. The Hall–Kier alpha value is -2.59. The van der Waals surface area contributed by atoms with E-state index in [0.29, 0.717) is 17.2 Å². The zero-order valence-corrected chi connectivity index (χ0v) is 18.9. The molecule has 29 heavy (non-hydrogen) atoms. The Bertz CT molecular complexity index is 1010. The van der Waals surface area contributed by atoms with Gasteiger partial charge in [0.15, 0.2) is 11.5 Å². The second-order valence-corrected chi connectivity index (χ2v) is 8.87. The van der Waals surface area contributed by atoms with Gasteiger partial charge in [-0.05, 0) is 36.8 Å². The van der Waals surface area contributed by atoms with E-state index in [9.17, 15) is 13.2 Å². The van der Waals surface area contributed by atoms with E-state index in [4.69, 9.17) is 9.47 Å². The maximum atomic E-state index is 12.4. The molecule has 0 saturated carbocycles. The number of halogens is 1. The van der Waals surface area contributed by atoms with Crippen LogP contribution in [0, 0.1) is 0 Å². The van der Waals surface area contributed by atoms with Crippen molar-refractivity contribution in [1.29, 1.82) is 0 Å². The van der Waals surface area contributed by atoms with E-state index in [1.807, 2.05) is 24.3 Å². The van der Waals surface area contributed by atoms with Crippen LogP contribution in [0.2, 0.25) is 0 Å². The lowest BCUT2D eigenvalue weighted by Crippen LogP contribution is -2.39. The van der Waals surface area contributed by atoms with Crippen molar-refractivity contribution in [2.45, 2.75) is 6.92 Å². The van der Waals surface area contributed by atoms with Crippen LogP contribution in [-0.2, 0) is 14.8 Å². The molecule has 0 bridgehead atoms. The van der Waals surface area contributed by atoms with Crippen molar-refractivity contribution < 1.29 is 22.7 Å². The third-order valence-corrected chi connectivity index (χ3v) is 5.62. The average Bonchev–Trinajstić information content (AvgIpc) is 2.69. The van der Waals surface area contributed by atoms with Gasteiger partial charge in [0.1, 0.15) is 6.54 Å². The highest BCUT2D eigenvalue weighted by Crippen LogP contribution is 2.32. The van der Waals surface area contributed by atoms with Crippen LogP contribution in [0.15, 0.2) is 52.0 Å². The van der Waals surface area contributed by atoms with E-state index < -0.39 is 22.5 Å². The van der Waals surface area contributed by atoms with Gasteiger partial charge in [0, 0.05) is 10.5 Å². The SMILES string of the molecule is COc1ccc(N(CC(=O)N/N=C(/C)c2ccc(Br)cc2)S(C)(=O)=O)cc1OC. The third kappa shape index (κ3) is 6.20. The zero-order valence-electron chi connectivity index (χ0n) is 16.5. The minimum atomic E-state index is -3.73. The maximum absolute atomic E-state index is 12.4. The largest absolute Gasteiger partial charge is 0.493 e. The summed E-state index contributed by atoms with van der Waals surface area (Å²) in [6.45, 7) is 1.30. The Morgan fingerprint density at radius 3 is 2.28 bits per heavy atom. The number of ether oxygens (including phenoxy) is 2. The van der Waals surface area contributed by atoms with Crippen LogP contribution >= 0.6 is 15.9 Å². The summed E-state index contributed by atoms with van der Waals surface area (Å²) in [5.74, 6) is 0.216. The normalized spacial score (nSPS) is 11.7. The smallest absolute Gasteiger partial charge is 0.260 e. The predicted octanol–water partition coefficient (Wildman–Crippen LogP) is 2.77. The van der Waals surface area contributed by atoms with Gasteiger partial charge in [-0.15, -0.1) is 0 Å². The van der Waals surface area contributed by atoms with E-state index in [2.05, 4.69) is 26.5 Å². The second kappa shape index (κ2) is 9.75. The lowest BCUT2D eigenvalue weighted by atomic mass is 10.1.